The molecule has 130 valence electrons. The Morgan fingerprint density at radius 3 is 2.60 bits per heavy atom. The van der Waals surface area contributed by atoms with Gasteiger partial charge in [-0.2, -0.15) is 0 Å². The van der Waals surface area contributed by atoms with Crippen LogP contribution in [-0.2, 0) is 0 Å². The van der Waals surface area contributed by atoms with Crippen molar-refractivity contribution in [1.82, 2.24) is 10.2 Å². The lowest BCUT2D eigenvalue weighted by Gasteiger charge is -2.19. The van der Waals surface area contributed by atoms with Crippen molar-refractivity contribution in [2.75, 3.05) is 26.2 Å². The van der Waals surface area contributed by atoms with Gasteiger partial charge in [0.15, 0.2) is 0 Å². The van der Waals surface area contributed by atoms with Gasteiger partial charge in [0.05, 0.1) is 6.10 Å². The minimum absolute atomic E-state index is 0.190. The number of likely N-dealkylation sites (tertiary alicyclic amines) is 1. The quantitative estimate of drug-likeness (QED) is 0.898. The second kappa shape index (κ2) is 6.58. The first-order chi connectivity index (χ1) is 12.1. The molecule has 0 aromatic heterocycles. The molecule has 1 saturated heterocycles. The molecular weight excluding hydrogens is 319 g/mol. The van der Waals surface area contributed by atoms with Crippen LogP contribution in [0.3, 0.4) is 0 Å². The van der Waals surface area contributed by atoms with Crippen molar-refractivity contribution in [3.05, 3.63) is 71.0 Å². The zero-order chi connectivity index (χ0) is 17.4. The van der Waals surface area contributed by atoms with E-state index in [1.165, 1.54) is 29.8 Å². The summed E-state index contributed by atoms with van der Waals surface area (Å²) in [5.41, 5.74) is 2.80. The molecule has 5 heteroatoms. The van der Waals surface area contributed by atoms with E-state index in [0.29, 0.717) is 18.0 Å². The average molecular weight is 340 g/mol. The van der Waals surface area contributed by atoms with E-state index < -0.39 is 0 Å². The molecule has 4 rings (SSSR count). The van der Waals surface area contributed by atoms with Crippen LogP contribution in [0.25, 0.3) is 0 Å². The zero-order valence-corrected chi connectivity index (χ0v) is 13.9. The molecule has 3 atom stereocenters. The Morgan fingerprint density at radius 2 is 1.84 bits per heavy atom. The lowest BCUT2D eigenvalue weighted by atomic mass is 9.96. The first-order valence-corrected chi connectivity index (χ1v) is 8.66. The molecule has 3 unspecified atom stereocenters. The largest absolute Gasteiger partial charge is 0.388 e. The highest BCUT2D eigenvalue weighted by atomic mass is 19.1. The summed E-state index contributed by atoms with van der Waals surface area (Å²) in [4.78, 5) is 14.3. The van der Waals surface area contributed by atoms with Crippen molar-refractivity contribution in [3.8, 4) is 0 Å². The molecule has 1 fully saturated rings. The zero-order valence-electron chi connectivity index (χ0n) is 13.9. The minimum Gasteiger partial charge on any atom is -0.388 e. The van der Waals surface area contributed by atoms with Crippen molar-refractivity contribution in [2.24, 2.45) is 5.92 Å². The van der Waals surface area contributed by atoms with Gasteiger partial charge in [-0.25, -0.2) is 4.39 Å². The SMILES string of the molecule is O=C(NCCN1CC2c3ccccc3C(O)C2C1)c1ccc(F)cc1. The fourth-order valence-corrected chi connectivity index (χ4v) is 4.12. The maximum atomic E-state index is 12.9. The molecule has 2 aromatic carbocycles. The second-order valence-electron chi connectivity index (χ2n) is 6.87. The molecule has 0 bridgehead atoms. The Morgan fingerprint density at radius 1 is 1.12 bits per heavy atom. The number of aliphatic hydroxyl groups is 1. The van der Waals surface area contributed by atoms with Crippen molar-refractivity contribution in [3.63, 3.8) is 0 Å². The molecular formula is C20H21FN2O2. The van der Waals surface area contributed by atoms with Gasteiger partial charge in [0, 0.05) is 43.6 Å². The van der Waals surface area contributed by atoms with Gasteiger partial charge in [-0.15, -0.1) is 0 Å². The summed E-state index contributed by atoms with van der Waals surface area (Å²) in [5, 5.41) is 13.4. The van der Waals surface area contributed by atoms with Gasteiger partial charge >= 0.3 is 0 Å². The van der Waals surface area contributed by atoms with Crippen LogP contribution in [0.1, 0.15) is 33.5 Å². The molecule has 0 spiro atoms. The van der Waals surface area contributed by atoms with Crippen LogP contribution in [0.15, 0.2) is 48.5 Å². The fourth-order valence-electron chi connectivity index (χ4n) is 4.12. The summed E-state index contributed by atoms with van der Waals surface area (Å²) < 4.78 is 12.9. The highest BCUT2D eigenvalue weighted by Crippen LogP contribution is 2.48. The first-order valence-electron chi connectivity index (χ1n) is 8.66. The average Bonchev–Trinajstić information content (AvgIpc) is 3.15. The maximum Gasteiger partial charge on any atom is 0.251 e. The van der Waals surface area contributed by atoms with E-state index in [4.69, 9.17) is 0 Å². The Bertz CT molecular complexity index is 778. The molecule has 1 amide bonds. The predicted octanol–water partition coefficient (Wildman–Crippen LogP) is 2.32. The third-order valence-electron chi connectivity index (χ3n) is 5.38. The van der Waals surface area contributed by atoms with E-state index in [2.05, 4.69) is 16.3 Å². The first kappa shape index (κ1) is 16.2. The normalized spacial score (nSPS) is 24.8. The number of hydrogen-bond donors (Lipinski definition) is 2. The van der Waals surface area contributed by atoms with Crippen molar-refractivity contribution >= 4 is 5.91 Å². The Labute approximate surface area is 146 Å². The molecule has 4 nitrogen and oxygen atoms in total. The number of halogens is 1. The Kier molecular flexibility index (Phi) is 4.27. The van der Waals surface area contributed by atoms with Crippen LogP contribution < -0.4 is 5.32 Å². The summed E-state index contributed by atoms with van der Waals surface area (Å²) in [5.74, 6) is 0.0768. The number of benzene rings is 2. The number of aliphatic hydroxyl groups excluding tert-OH is 1. The van der Waals surface area contributed by atoms with E-state index in [1.54, 1.807) is 0 Å². The van der Waals surface area contributed by atoms with Crippen LogP contribution in [0.4, 0.5) is 4.39 Å². The molecule has 0 saturated carbocycles. The van der Waals surface area contributed by atoms with Crippen LogP contribution in [0.5, 0.6) is 0 Å². The third kappa shape index (κ3) is 3.05. The van der Waals surface area contributed by atoms with E-state index in [-0.39, 0.29) is 23.7 Å². The number of nitrogens with one attached hydrogen (secondary N) is 1. The number of carbonyl (C=O) groups is 1. The van der Waals surface area contributed by atoms with E-state index in [0.717, 1.165) is 25.2 Å². The van der Waals surface area contributed by atoms with E-state index >= 15 is 0 Å². The van der Waals surface area contributed by atoms with Gasteiger partial charge in [-0.3, -0.25) is 4.79 Å². The van der Waals surface area contributed by atoms with Gasteiger partial charge < -0.3 is 15.3 Å². The van der Waals surface area contributed by atoms with Gasteiger partial charge in [0.1, 0.15) is 5.82 Å². The van der Waals surface area contributed by atoms with Gasteiger partial charge in [-0.05, 0) is 35.4 Å². The van der Waals surface area contributed by atoms with Crippen LogP contribution in [0.2, 0.25) is 0 Å². The smallest absolute Gasteiger partial charge is 0.251 e. The number of fused-ring (bicyclic) bond motifs is 3. The molecule has 1 aliphatic carbocycles. The lowest BCUT2D eigenvalue weighted by Crippen LogP contribution is -2.34. The Hall–Kier alpha value is -2.24. The summed E-state index contributed by atoms with van der Waals surface area (Å²) in [6.45, 7) is 3.03. The summed E-state index contributed by atoms with van der Waals surface area (Å²) in [7, 11) is 0. The molecule has 2 N–H and O–H groups in total. The van der Waals surface area contributed by atoms with Crippen molar-refractivity contribution < 1.29 is 14.3 Å². The van der Waals surface area contributed by atoms with Gasteiger partial charge in [-0.1, -0.05) is 24.3 Å². The third-order valence-corrected chi connectivity index (χ3v) is 5.38. The maximum absolute atomic E-state index is 12.9. The number of nitrogens with zero attached hydrogens (tertiary/aromatic N) is 1. The molecule has 1 aliphatic heterocycles. The van der Waals surface area contributed by atoms with Crippen molar-refractivity contribution in [1.29, 1.82) is 0 Å². The fraction of sp³-hybridized carbons (Fsp3) is 0.350. The monoisotopic (exact) mass is 340 g/mol. The number of rotatable bonds is 4. The summed E-state index contributed by atoms with van der Waals surface area (Å²) in [6, 6.07) is 13.7. The number of carbonyl (C=O) groups excluding carboxylic acids is 1. The van der Waals surface area contributed by atoms with Crippen LogP contribution in [0, 0.1) is 11.7 Å². The summed E-state index contributed by atoms with van der Waals surface area (Å²) >= 11 is 0. The summed E-state index contributed by atoms with van der Waals surface area (Å²) in [6.07, 6.45) is -0.389. The van der Waals surface area contributed by atoms with Crippen LogP contribution >= 0.6 is 0 Å². The topological polar surface area (TPSA) is 52.6 Å². The number of hydrogen-bond acceptors (Lipinski definition) is 3. The molecule has 1 heterocycles. The predicted molar refractivity (Wildman–Crippen MR) is 92.8 cm³/mol. The number of amides is 1. The molecule has 25 heavy (non-hydrogen) atoms. The Balaban J connectivity index is 1.31. The highest BCUT2D eigenvalue weighted by molar-refractivity contribution is 5.94. The molecule has 2 aliphatic rings. The lowest BCUT2D eigenvalue weighted by molar-refractivity contribution is 0.0946. The standard InChI is InChI=1S/C20H21FN2O2/c21-14-7-5-13(6-8-14)20(25)22-9-10-23-11-17-15-3-1-2-4-16(15)19(24)18(17)12-23/h1-8,17-19,24H,9-12H2,(H,22,25). The van der Waals surface area contributed by atoms with E-state index in [9.17, 15) is 14.3 Å². The molecule has 0 radical (unpaired) electrons. The van der Waals surface area contributed by atoms with Gasteiger partial charge in [0.25, 0.3) is 5.91 Å². The highest BCUT2D eigenvalue weighted by Gasteiger charge is 2.45. The van der Waals surface area contributed by atoms with Crippen molar-refractivity contribution in [2.45, 2.75) is 12.0 Å². The second-order valence-corrected chi connectivity index (χ2v) is 6.87. The van der Waals surface area contributed by atoms with Crippen LogP contribution in [-0.4, -0.2) is 42.1 Å². The van der Waals surface area contributed by atoms with E-state index in [1.807, 2.05) is 18.2 Å². The molecule has 2 aromatic rings. The van der Waals surface area contributed by atoms with Gasteiger partial charge in [0.2, 0.25) is 0 Å². The minimum atomic E-state index is -0.389.